The van der Waals surface area contributed by atoms with Crippen LogP contribution in [0.1, 0.15) is 46.9 Å². The monoisotopic (exact) mass is 438 g/mol. The second-order valence-corrected chi connectivity index (χ2v) is 6.91. The molecule has 0 spiro atoms. The first-order valence-electron chi connectivity index (χ1n) is 10.1. The third-order valence-corrected chi connectivity index (χ3v) is 4.48. The Morgan fingerprint density at radius 1 is 0.812 bits per heavy atom. The van der Waals surface area contributed by atoms with Crippen LogP contribution in [0.3, 0.4) is 0 Å². The molecule has 32 heavy (non-hydrogen) atoms. The lowest BCUT2D eigenvalue weighted by molar-refractivity contribution is -0.131. The Bertz CT molecular complexity index is 1180. The lowest BCUT2D eigenvalue weighted by Crippen LogP contribution is -2.17. The summed E-state index contributed by atoms with van der Waals surface area (Å²) in [4.78, 5) is 47.5. The number of rotatable bonds is 9. The first kappa shape index (κ1) is 22.7. The molecule has 0 aliphatic heterocycles. The van der Waals surface area contributed by atoms with Crippen LogP contribution in [0.2, 0.25) is 0 Å². The Hall–Kier alpha value is -3.94. The third kappa shape index (κ3) is 6.04. The number of para-hydroxylation sites is 2. The van der Waals surface area contributed by atoms with E-state index < -0.39 is 23.5 Å². The van der Waals surface area contributed by atoms with Gasteiger partial charge in [-0.15, -0.1) is 0 Å². The van der Waals surface area contributed by atoms with Crippen molar-refractivity contribution in [3.63, 3.8) is 0 Å². The Balaban J connectivity index is 1.39. The number of hydrogen-bond acceptors (Lipinski definition) is 8. The van der Waals surface area contributed by atoms with Gasteiger partial charge in [0, 0.05) is 12.3 Å². The van der Waals surface area contributed by atoms with Crippen LogP contribution in [0.15, 0.2) is 63.8 Å². The molecule has 0 unspecified atom stereocenters. The molecular formula is C24H22O8. The molecule has 0 fully saturated rings. The second-order valence-electron chi connectivity index (χ2n) is 6.91. The molecule has 8 nitrogen and oxygen atoms in total. The van der Waals surface area contributed by atoms with Crippen molar-refractivity contribution in [1.82, 2.24) is 0 Å². The van der Waals surface area contributed by atoms with Crippen molar-refractivity contribution < 1.29 is 33.0 Å². The summed E-state index contributed by atoms with van der Waals surface area (Å²) < 4.78 is 20.5. The Kier molecular flexibility index (Phi) is 7.75. The van der Waals surface area contributed by atoms with Crippen LogP contribution in [-0.2, 0) is 14.3 Å². The second kappa shape index (κ2) is 10.9. The first-order valence-corrected chi connectivity index (χ1v) is 10.1. The van der Waals surface area contributed by atoms with E-state index in [0.717, 1.165) is 0 Å². The summed E-state index contributed by atoms with van der Waals surface area (Å²) in [5.41, 5.74) is -0.316. The highest BCUT2D eigenvalue weighted by Gasteiger charge is 2.16. The molecule has 0 saturated carbocycles. The number of hydrogen-bond donors (Lipinski definition) is 0. The van der Waals surface area contributed by atoms with Gasteiger partial charge >= 0.3 is 23.5 Å². The molecule has 166 valence electrons. The third-order valence-electron chi connectivity index (χ3n) is 4.48. The molecule has 1 aromatic heterocycles. The highest BCUT2D eigenvalue weighted by Crippen LogP contribution is 2.19. The maximum atomic E-state index is 12.2. The van der Waals surface area contributed by atoms with Crippen molar-refractivity contribution >= 4 is 28.9 Å². The van der Waals surface area contributed by atoms with Crippen LogP contribution < -0.4 is 10.4 Å². The molecular weight excluding hydrogens is 416 g/mol. The standard InChI is InChI=1S/C24H22O8/c1-16(25)31-21-12-6-4-10-18(21)22(26)29-13-7-2-8-14-30-23(27)19-15-17-9-3-5-11-20(17)32-24(19)28/h3-6,9-12,15H,2,7-8,13-14H2,1H3. The molecule has 3 aromatic rings. The van der Waals surface area contributed by atoms with Gasteiger partial charge < -0.3 is 18.6 Å². The molecule has 1 heterocycles. The lowest BCUT2D eigenvalue weighted by Gasteiger charge is -2.09. The number of fused-ring (bicyclic) bond motifs is 1. The van der Waals surface area contributed by atoms with Crippen LogP contribution in [-0.4, -0.2) is 31.1 Å². The number of esters is 3. The van der Waals surface area contributed by atoms with Gasteiger partial charge in [-0.25, -0.2) is 14.4 Å². The van der Waals surface area contributed by atoms with Gasteiger partial charge in [0.1, 0.15) is 22.5 Å². The predicted octanol–water partition coefficient (Wildman–Crippen LogP) is 3.90. The molecule has 8 heteroatoms. The minimum atomic E-state index is -0.741. The predicted molar refractivity (Wildman–Crippen MR) is 115 cm³/mol. The maximum Gasteiger partial charge on any atom is 0.351 e. The van der Waals surface area contributed by atoms with Gasteiger partial charge in [0.25, 0.3) is 0 Å². The van der Waals surface area contributed by atoms with E-state index in [9.17, 15) is 19.2 Å². The molecule has 2 aromatic carbocycles. The van der Waals surface area contributed by atoms with Gasteiger partial charge in [-0.2, -0.15) is 0 Å². The molecule has 3 rings (SSSR count). The van der Waals surface area contributed by atoms with E-state index in [1.54, 1.807) is 36.4 Å². The molecule has 0 amide bonds. The van der Waals surface area contributed by atoms with E-state index in [4.69, 9.17) is 18.6 Å². The fraction of sp³-hybridized carbons (Fsp3) is 0.250. The molecule has 0 aliphatic carbocycles. The van der Waals surface area contributed by atoms with E-state index in [1.807, 2.05) is 0 Å². The summed E-state index contributed by atoms with van der Waals surface area (Å²) in [6, 6.07) is 14.7. The zero-order valence-corrected chi connectivity index (χ0v) is 17.5. The zero-order valence-electron chi connectivity index (χ0n) is 17.5. The normalized spacial score (nSPS) is 10.5. The average Bonchev–Trinajstić information content (AvgIpc) is 2.77. The Morgan fingerprint density at radius 2 is 1.44 bits per heavy atom. The summed E-state index contributed by atoms with van der Waals surface area (Å²) >= 11 is 0. The number of carbonyl (C=O) groups excluding carboxylic acids is 3. The van der Waals surface area contributed by atoms with Crippen LogP contribution in [0, 0.1) is 0 Å². The summed E-state index contributed by atoms with van der Waals surface area (Å²) in [6.45, 7) is 1.53. The van der Waals surface area contributed by atoms with E-state index in [0.29, 0.717) is 30.2 Å². The molecule has 0 saturated heterocycles. The van der Waals surface area contributed by atoms with Gasteiger partial charge in [0.05, 0.1) is 13.2 Å². The van der Waals surface area contributed by atoms with E-state index in [-0.39, 0.29) is 30.1 Å². The highest BCUT2D eigenvalue weighted by atomic mass is 16.5. The van der Waals surface area contributed by atoms with Gasteiger partial charge in [-0.3, -0.25) is 4.79 Å². The number of unbranched alkanes of at least 4 members (excludes halogenated alkanes) is 2. The van der Waals surface area contributed by atoms with Gasteiger partial charge in [-0.05, 0) is 43.5 Å². The minimum absolute atomic E-state index is 0.119. The maximum absolute atomic E-state index is 12.2. The zero-order chi connectivity index (χ0) is 22.9. The number of ether oxygens (including phenoxy) is 3. The number of benzene rings is 2. The number of carbonyl (C=O) groups is 3. The van der Waals surface area contributed by atoms with E-state index >= 15 is 0 Å². The highest BCUT2D eigenvalue weighted by molar-refractivity contribution is 5.93. The van der Waals surface area contributed by atoms with E-state index in [2.05, 4.69) is 0 Å². The van der Waals surface area contributed by atoms with Crippen LogP contribution in [0.5, 0.6) is 5.75 Å². The fourth-order valence-electron chi connectivity index (χ4n) is 2.95. The molecule has 0 aliphatic rings. The van der Waals surface area contributed by atoms with Crippen molar-refractivity contribution in [2.45, 2.75) is 26.2 Å². The van der Waals surface area contributed by atoms with Crippen LogP contribution in [0.25, 0.3) is 11.0 Å². The summed E-state index contributed by atoms with van der Waals surface area (Å²) in [5, 5.41) is 0.635. The average molecular weight is 438 g/mol. The molecule has 0 radical (unpaired) electrons. The molecule has 0 bridgehead atoms. The first-order chi connectivity index (χ1) is 15.5. The summed E-state index contributed by atoms with van der Waals surface area (Å²) in [7, 11) is 0. The largest absolute Gasteiger partial charge is 0.462 e. The van der Waals surface area contributed by atoms with E-state index in [1.165, 1.54) is 25.1 Å². The lowest BCUT2D eigenvalue weighted by atomic mass is 10.2. The quantitative estimate of drug-likeness (QED) is 0.214. The van der Waals surface area contributed by atoms with Crippen molar-refractivity contribution in [3.8, 4) is 5.75 Å². The van der Waals surface area contributed by atoms with Crippen molar-refractivity contribution in [2.24, 2.45) is 0 Å². The summed E-state index contributed by atoms with van der Waals surface area (Å²) in [6.07, 6.45) is 1.72. The van der Waals surface area contributed by atoms with Crippen molar-refractivity contribution in [3.05, 3.63) is 76.1 Å². The Labute approximate surface area is 183 Å². The van der Waals surface area contributed by atoms with Crippen molar-refractivity contribution in [1.29, 1.82) is 0 Å². The molecule has 0 atom stereocenters. The topological polar surface area (TPSA) is 109 Å². The van der Waals surface area contributed by atoms with Crippen LogP contribution in [0.4, 0.5) is 0 Å². The molecule has 0 N–H and O–H groups in total. The SMILES string of the molecule is CC(=O)Oc1ccccc1C(=O)OCCCCCOC(=O)c1cc2ccccc2oc1=O. The smallest absolute Gasteiger partial charge is 0.351 e. The minimum Gasteiger partial charge on any atom is -0.462 e. The van der Waals surface area contributed by atoms with Crippen molar-refractivity contribution in [2.75, 3.05) is 13.2 Å². The summed E-state index contributed by atoms with van der Waals surface area (Å²) in [5.74, 6) is -1.70. The van der Waals surface area contributed by atoms with Gasteiger partial charge in [0.2, 0.25) is 0 Å². The van der Waals surface area contributed by atoms with Gasteiger partial charge in [-0.1, -0.05) is 30.3 Å². The Morgan fingerprint density at radius 3 is 2.16 bits per heavy atom. The fourth-order valence-corrected chi connectivity index (χ4v) is 2.95. The van der Waals surface area contributed by atoms with Gasteiger partial charge in [0.15, 0.2) is 0 Å². The van der Waals surface area contributed by atoms with Crippen LogP contribution >= 0.6 is 0 Å².